The number of ether oxygens (including phenoxy) is 1. The molecule has 0 fully saturated rings. The van der Waals surface area contributed by atoms with Crippen LogP contribution in [0.2, 0.25) is 0 Å². The fourth-order valence-corrected chi connectivity index (χ4v) is 2.69. The summed E-state index contributed by atoms with van der Waals surface area (Å²) in [5.41, 5.74) is 0.928. The molecule has 1 aliphatic heterocycles. The number of hydrogen-bond donors (Lipinski definition) is 2. The second kappa shape index (κ2) is 6.57. The summed E-state index contributed by atoms with van der Waals surface area (Å²) in [6, 6.07) is -0.756. The lowest BCUT2D eigenvalue weighted by Crippen LogP contribution is -2.49. The maximum atomic E-state index is 12.0. The number of tetrazole rings is 1. The molecule has 0 bridgehead atoms. The maximum absolute atomic E-state index is 12.0. The average Bonchev–Trinajstić information content (AvgIpc) is 2.81. The summed E-state index contributed by atoms with van der Waals surface area (Å²) in [5, 5.41) is 17.0. The molecule has 0 unspecified atom stereocenters. The predicted molar refractivity (Wildman–Crippen MR) is 74.3 cm³/mol. The molecule has 0 aromatic carbocycles. The van der Waals surface area contributed by atoms with Crippen LogP contribution in [0.15, 0.2) is 16.4 Å². The number of amides is 2. The molecule has 0 radical (unpaired) electrons. The lowest BCUT2D eigenvalue weighted by Gasteiger charge is -2.26. The van der Waals surface area contributed by atoms with E-state index in [-0.39, 0.29) is 12.6 Å². The number of hydrogen-bond acceptors (Lipinski definition) is 7. The van der Waals surface area contributed by atoms with Crippen molar-refractivity contribution in [2.24, 2.45) is 7.05 Å². The number of nitrogens with zero attached hydrogens (tertiary/aromatic N) is 4. The maximum Gasteiger partial charge on any atom is 0.337 e. The molecule has 1 aromatic heterocycles. The zero-order valence-corrected chi connectivity index (χ0v) is 12.7. The first-order chi connectivity index (χ1) is 10.0. The molecule has 10 heteroatoms. The molecule has 1 atom stereocenters. The van der Waals surface area contributed by atoms with Crippen LogP contribution in [0.4, 0.5) is 4.79 Å². The Balaban J connectivity index is 2.20. The van der Waals surface area contributed by atoms with Gasteiger partial charge in [0.25, 0.3) is 0 Å². The molecule has 2 heterocycles. The van der Waals surface area contributed by atoms with Crippen LogP contribution in [-0.2, 0) is 16.6 Å². The summed E-state index contributed by atoms with van der Waals surface area (Å²) in [6.07, 6.45) is 0. The largest absolute Gasteiger partial charge is 0.463 e. The molecule has 0 saturated carbocycles. The third-order valence-corrected chi connectivity index (χ3v) is 3.83. The van der Waals surface area contributed by atoms with Crippen molar-refractivity contribution in [3.05, 3.63) is 11.3 Å². The van der Waals surface area contributed by atoms with Crippen LogP contribution in [-0.4, -0.2) is 50.6 Å². The van der Waals surface area contributed by atoms with Crippen LogP contribution in [0.3, 0.4) is 0 Å². The van der Waals surface area contributed by atoms with Crippen molar-refractivity contribution in [3.8, 4) is 0 Å². The topological polar surface area (TPSA) is 111 Å². The molecule has 9 nitrogen and oxygen atoms in total. The van der Waals surface area contributed by atoms with Gasteiger partial charge in [0.1, 0.15) is 0 Å². The molecular formula is C11H16N6O3S. The first-order valence-corrected chi connectivity index (χ1v) is 7.34. The van der Waals surface area contributed by atoms with Crippen molar-refractivity contribution in [2.45, 2.75) is 25.0 Å². The van der Waals surface area contributed by atoms with Gasteiger partial charge in [0.2, 0.25) is 5.16 Å². The highest BCUT2D eigenvalue weighted by molar-refractivity contribution is 7.99. The molecule has 2 amide bonds. The average molecular weight is 312 g/mol. The number of aromatic nitrogens is 4. The van der Waals surface area contributed by atoms with Crippen LogP contribution in [0.5, 0.6) is 0 Å². The molecule has 0 saturated heterocycles. The van der Waals surface area contributed by atoms with Gasteiger partial charge in [-0.1, -0.05) is 11.8 Å². The first-order valence-electron chi connectivity index (χ1n) is 6.35. The number of carbonyl (C=O) groups excluding carboxylic acids is 2. The fourth-order valence-electron chi connectivity index (χ4n) is 1.87. The minimum atomic E-state index is -0.441. The van der Waals surface area contributed by atoms with Gasteiger partial charge in [-0.3, -0.25) is 0 Å². The number of carbonyl (C=O) groups is 2. The summed E-state index contributed by atoms with van der Waals surface area (Å²) in [4.78, 5) is 23.6. The van der Waals surface area contributed by atoms with Gasteiger partial charge in [-0.25, -0.2) is 14.3 Å². The van der Waals surface area contributed by atoms with Crippen molar-refractivity contribution in [1.82, 2.24) is 30.8 Å². The highest BCUT2D eigenvalue weighted by Gasteiger charge is 2.29. The van der Waals surface area contributed by atoms with Crippen LogP contribution in [0, 0.1) is 0 Å². The van der Waals surface area contributed by atoms with Gasteiger partial charge in [-0.2, -0.15) is 0 Å². The predicted octanol–water partition coefficient (Wildman–Crippen LogP) is -0.179. The summed E-state index contributed by atoms with van der Waals surface area (Å²) in [5.74, 6) is -0.0793. The minimum absolute atomic E-state index is 0.274. The van der Waals surface area contributed by atoms with E-state index in [1.807, 2.05) is 0 Å². The van der Waals surface area contributed by atoms with E-state index in [1.165, 1.54) is 16.4 Å². The quantitative estimate of drug-likeness (QED) is 0.573. The van der Waals surface area contributed by atoms with E-state index in [1.54, 1.807) is 20.9 Å². The van der Waals surface area contributed by atoms with Gasteiger partial charge in [-0.15, -0.1) is 5.10 Å². The Bertz CT molecular complexity index is 584. The second-order valence-corrected chi connectivity index (χ2v) is 5.25. The van der Waals surface area contributed by atoms with Crippen LogP contribution < -0.4 is 10.6 Å². The molecule has 1 aromatic rings. The Kier molecular flexibility index (Phi) is 4.78. The van der Waals surface area contributed by atoms with Gasteiger partial charge >= 0.3 is 12.0 Å². The number of urea groups is 1. The lowest BCUT2D eigenvalue weighted by atomic mass is 10.1. The number of thioether (sulfide) groups is 1. The minimum Gasteiger partial charge on any atom is -0.463 e. The number of nitrogens with one attached hydrogen (secondary N) is 2. The van der Waals surface area contributed by atoms with Crippen molar-refractivity contribution >= 4 is 23.8 Å². The SMILES string of the molecule is CCOC(=O)C1=C(CSc2nnnn2C)NC(=O)N[C@H]1C. The normalized spacial score (nSPS) is 18.2. The zero-order valence-electron chi connectivity index (χ0n) is 11.9. The number of esters is 1. The highest BCUT2D eigenvalue weighted by Crippen LogP contribution is 2.21. The first kappa shape index (κ1) is 15.3. The van der Waals surface area contributed by atoms with Crippen molar-refractivity contribution < 1.29 is 14.3 Å². The molecule has 0 aliphatic carbocycles. The van der Waals surface area contributed by atoms with E-state index in [2.05, 4.69) is 26.2 Å². The Morgan fingerprint density at radius 2 is 2.29 bits per heavy atom. The molecule has 114 valence electrons. The van der Waals surface area contributed by atoms with E-state index >= 15 is 0 Å². The van der Waals surface area contributed by atoms with Crippen LogP contribution in [0.25, 0.3) is 0 Å². The Morgan fingerprint density at radius 3 is 2.90 bits per heavy atom. The fraction of sp³-hybridized carbons (Fsp3) is 0.545. The summed E-state index contributed by atoms with van der Waals surface area (Å²) in [6.45, 7) is 3.74. The number of rotatable bonds is 5. The summed E-state index contributed by atoms with van der Waals surface area (Å²) in [7, 11) is 1.71. The van der Waals surface area contributed by atoms with E-state index in [4.69, 9.17) is 4.74 Å². The van der Waals surface area contributed by atoms with E-state index < -0.39 is 12.0 Å². The standard InChI is InChI=1S/C11H16N6O3S/c1-4-20-9(18)8-6(2)12-10(19)13-7(8)5-21-11-14-15-16-17(11)3/h6H,4-5H2,1-3H3,(H2,12,13,19)/t6-/m0/s1. The third kappa shape index (κ3) is 3.51. The van der Waals surface area contributed by atoms with E-state index in [0.717, 1.165) is 0 Å². The van der Waals surface area contributed by atoms with Crippen molar-refractivity contribution in [2.75, 3.05) is 12.4 Å². The molecule has 21 heavy (non-hydrogen) atoms. The summed E-state index contributed by atoms with van der Waals surface area (Å²) < 4.78 is 6.55. The Hall–Kier alpha value is -2.10. The van der Waals surface area contributed by atoms with E-state index in [0.29, 0.717) is 22.2 Å². The second-order valence-electron chi connectivity index (χ2n) is 4.31. The zero-order chi connectivity index (χ0) is 15.4. The van der Waals surface area contributed by atoms with Crippen LogP contribution in [0.1, 0.15) is 13.8 Å². The van der Waals surface area contributed by atoms with E-state index in [9.17, 15) is 9.59 Å². The monoisotopic (exact) mass is 312 g/mol. The molecule has 1 aliphatic rings. The molecular weight excluding hydrogens is 296 g/mol. The highest BCUT2D eigenvalue weighted by atomic mass is 32.2. The Labute approximate surface area is 125 Å². The Morgan fingerprint density at radius 1 is 1.52 bits per heavy atom. The van der Waals surface area contributed by atoms with Crippen molar-refractivity contribution in [1.29, 1.82) is 0 Å². The third-order valence-electron chi connectivity index (χ3n) is 2.79. The van der Waals surface area contributed by atoms with Crippen molar-refractivity contribution in [3.63, 3.8) is 0 Å². The molecule has 2 N–H and O–H groups in total. The smallest absolute Gasteiger partial charge is 0.337 e. The summed E-state index contributed by atoms with van der Waals surface area (Å²) >= 11 is 1.32. The van der Waals surface area contributed by atoms with Crippen LogP contribution >= 0.6 is 11.8 Å². The molecule has 2 rings (SSSR count). The lowest BCUT2D eigenvalue weighted by molar-refractivity contribution is -0.138. The van der Waals surface area contributed by atoms with Gasteiger partial charge in [0.15, 0.2) is 0 Å². The van der Waals surface area contributed by atoms with Gasteiger partial charge < -0.3 is 15.4 Å². The number of aryl methyl sites for hydroxylation is 1. The van der Waals surface area contributed by atoms with Gasteiger partial charge in [-0.05, 0) is 24.3 Å². The van der Waals surface area contributed by atoms with Gasteiger partial charge in [0, 0.05) is 18.5 Å². The van der Waals surface area contributed by atoms with Gasteiger partial charge in [0.05, 0.1) is 18.2 Å². The molecule has 0 spiro atoms.